The fourth-order valence-electron chi connectivity index (χ4n) is 4.93. The van der Waals surface area contributed by atoms with Crippen LogP contribution in [0.3, 0.4) is 0 Å². The van der Waals surface area contributed by atoms with Crippen molar-refractivity contribution in [2.75, 3.05) is 5.75 Å². The van der Waals surface area contributed by atoms with Gasteiger partial charge in [-0.1, -0.05) is 42.5 Å². The van der Waals surface area contributed by atoms with E-state index in [-0.39, 0.29) is 17.6 Å². The quantitative estimate of drug-likeness (QED) is 0.552. The SMILES string of the molecule is CC(C)(C)S(=O)(=O)CC1CCC(C(=O)Cc2cccc3c2Cc2ccccc2-3)CC1. The van der Waals surface area contributed by atoms with Gasteiger partial charge in [0.25, 0.3) is 0 Å². The summed E-state index contributed by atoms with van der Waals surface area (Å²) < 4.78 is 24.3. The second kappa shape index (κ2) is 7.96. The van der Waals surface area contributed by atoms with Crippen molar-refractivity contribution >= 4 is 15.6 Å². The minimum absolute atomic E-state index is 0.0678. The van der Waals surface area contributed by atoms with Crippen molar-refractivity contribution in [1.82, 2.24) is 0 Å². The van der Waals surface area contributed by atoms with E-state index >= 15 is 0 Å². The van der Waals surface area contributed by atoms with Gasteiger partial charge in [0.1, 0.15) is 5.78 Å². The molecule has 2 aromatic rings. The molecule has 1 fully saturated rings. The van der Waals surface area contributed by atoms with Crippen LogP contribution in [0, 0.1) is 11.8 Å². The van der Waals surface area contributed by atoms with E-state index in [1.54, 1.807) is 20.8 Å². The smallest absolute Gasteiger partial charge is 0.155 e. The van der Waals surface area contributed by atoms with E-state index in [2.05, 4.69) is 42.5 Å². The molecule has 0 spiro atoms. The first-order valence-electron chi connectivity index (χ1n) is 11.1. The highest BCUT2D eigenvalue weighted by molar-refractivity contribution is 7.92. The second-order valence-electron chi connectivity index (χ2n) is 10.0. The van der Waals surface area contributed by atoms with E-state index in [1.807, 2.05) is 0 Å². The summed E-state index contributed by atoms with van der Waals surface area (Å²) >= 11 is 0. The Hall–Kier alpha value is -1.94. The van der Waals surface area contributed by atoms with E-state index < -0.39 is 14.6 Å². The zero-order valence-electron chi connectivity index (χ0n) is 18.3. The molecule has 0 N–H and O–H groups in total. The molecule has 3 nitrogen and oxygen atoms in total. The number of fused-ring (bicyclic) bond motifs is 3. The summed E-state index contributed by atoms with van der Waals surface area (Å²) in [6.45, 7) is 5.32. The standard InChI is InChI=1S/C26H32O3S/c1-26(2,3)30(28,29)17-18-11-13-19(14-12-18)25(27)16-21-8-6-10-23-22-9-5-4-7-20(22)15-24(21)23/h4-10,18-19H,11-17H2,1-3H3. The first-order chi connectivity index (χ1) is 14.2. The molecule has 0 atom stereocenters. The third-order valence-corrected chi connectivity index (χ3v) is 9.78. The van der Waals surface area contributed by atoms with E-state index in [0.29, 0.717) is 12.2 Å². The van der Waals surface area contributed by atoms with Crippen molar-refractivity contribution < 1.29 is 13.2 Å². The van der Waals surface area contributed by atoms with E-state index in [4.69, 9.17) is 0 Å². The number of hydrogen-bond donors (Lipinski definition) is 0. The van der Waals surface area contributed by atoms with E-state index in [9.17, 15) is 13.2 Å². The number of rotatable bonds is 5. The minimum Gasteiger partial charge on any atom is -0.299 e. The van der Waals surface area contributed by atoms with Crippen LogP contribution < -0.4 is 0 Å². The van der Waals surface area contributed by atoms with Crippen molar-refractivity contribution in [2.24, 2.45) is 11.8 Å². The Labute approximate surface area is 180 Å². The maximum Gasteiger partial charge on any atom is 0.155 e. The van der Waals surface area contributed by atoms with E-state index in [0.717, 1.165) is 37.7 Å². The lowest BCUT2D eigenvalue weighted by molar-refractivity contribution is -0.123. The summed E-state index contributed by atoms with van der Waals surface area (Å²) in [6, 6.07) is 14.8. The molecule has 0 radical (unpaired) electrons. The molecule has 4 rings (SSSR count). The molecular formula is C26H32O3S. The molecule has 160 valence electrons. The normalized spacial score (nSPS) is 21.2. The zero-order chi connectivity index (χ0) is 21.5. The van der Waals surface area contributed by atoms with Crippen LogP contribution >= 0.6 is 0 Å². The Morgan fingerprint density at radius 3 is 2.30 bits per heavy atom. The fraction of sp³-hybridized carbons (Fsp3) is 0.500. The number of benzene rings is 2. The lowest BCUT2D eigenvalue weighted by Gasteiger charge is -2.30. The molecule has 0 amide bonds. The van der Waals surface area contributed by atoms with Crippen molar-refractivity contribution in [1.29, 1.82) is 0 Å². The molecule has 2 aliphatic rings. The molecule has 0 aliphatic heterocycles. The van der Waals surface area contributed by atoms with Crippen LogP contribution in [0.5, 0.6) is 0 Å². The van der Waals surface area contributed by atoms with Gasteiger partial charge in [-0.2, -0.15) is 0 Å². The van der Waals surface area contributed by atoms with Crippen molar-refractivity contribution in [3.8, 4) is 11.1 Å². The van der Waals surface area contributed by atoms with Gasteiger partial charge < -0.3 is 0 Å². The maximum atomic E-state index is 13.1. The monoisotopic (exact) mass is 424 g/mol. The number of sulfone groups is 1. The summed E-state index contributed by atoms with van der Waals surface area (Å²) in [7, 11) is -3.10. The van der Waals surface area contributed by atoms with Gasteiger partial charge in [0.15, 0.2) is 9.84 Å². The molecule has 4 heteroatoms. The van der Waals surface area contributed by atoms with Crippen molar-refractivity contribution in [3.63, 3.8) is 0 Å². The van der Waals surface area contributed by atoms with Crippen LogP contribution in [-0.2, 0) is 27.5 Å². The topological polar surface area (TPSA) is 51.2 Å². The van der Waals surface area contributed by atoms with Gasteiger partial charge in [-0.3, -0.25) is 4.79 Å². The molecule has 0 aromatic heterocycles. The van der Waals surface area contributed by atoms with Crippen LogP contribution in [0.2, 0.25) is 0 Å². The minimum atomic E-state index is -3.10. The zero-order valence-corrected chi connectivity index (χ0v) is 19.1. The van der Waals surface area contributed by atoms with Crippen molar-refractivity contribution in [3.05, 3.63) is 59.2 Å². The molecular weight excluding hydrogens is 392 g/mol. The highest BCUT2D eigenvalue weighted by Gasteiger charge is 2.34. The highest BCUT2D eigenvalue weighted by Crippen LogP contribution is 2.39. The van der Waals surface area contributed by atoms with Crippen LogP contribution in [-0.4, -0.2) is 24.7 Å². The average molecular weight is 425 g/mol. The predicted octanol–water partition coefficient (Wildman–Crippen LogP) is 5.39. The van der Waals surface area contributed by atoms with Crippen LogP contribution in [0.25, 0.3) is 11.1 Å². The summed E-state index contributed by atoms with van der Waals surface area (Å²) in [6.07, 6.45) is 4.71. The van der Waals surface area contributed by atoms with Gasteiger partial charge in [-0.25, -0.2) is 8.42 Å². The number of carbonyl (C=O) groups excluding carboxylic acids is 1. The average Bonchev–Trinajstić information content (AvgIpc) is 3.07. The van der Waals surface area contributed by atoms with Crippen LogP contribution in [0.15, 0.2) is 42.5 Å². The Balaban J connectivity index is 1.39. The summed E-state index contributed by atoms with van der Waals surface area (Å²) in [5, 5.41) is 0. The van der Waals surface area contributed by atoms with Gasteiger partial charge in [0, 0.05) is 12.3 Å². The predicted molar refractivity (Wildman–Crippen MR) is 122 cm³/mol. The molecule has 0 unspecified atom stereocenters. The first-order valence-corrected chi connectivity index (χ1v) is 12.7. The van der Waals surface area contributed by atoms with Crippen LogP contribution in [0.4, 0.5) is 0 Å². The lowest BCUT2D eigenvalue weighted by atomic mass is 9.79. The van der Waals surface area contributed by atoms with E-state index in [1.165, 1.54) is 22.3 Å². The molecule has 1 saturated carbocycles. The van der Waals surface area contributed by atoms with Gasteiger partial charge in [-0.05, 0) is 86.6 Å². The molecule has 2 aliphatic carbocycles. The summed E-state index contributed by atoms with van der Waals surface area (Å²) in [5.41, 5.74) is 6.37. The van der Waals surface area contributed by atoms with Crippen LogP contribution in [0.1, 0.15) is 63.1 Å². The van der Waals surface area contributed by atoms with Gasteiger partial charge in [0.05, 0.1) is 10.5 Å². The van der Waals surface area contributed by atoms with Gasteiger partial charge in [-0.15, -0.1) is 0 Å². The third kappa shape index (κ3) is 4.12. The number of hydrogen-bond acceptors (Lipinski definition) is 3. The first kappa shape index (κ1) is 21.3. The molecule has 30 heavy (non-hydrogen) atoms. The second-order valence-corrected chi connectivity index (χ2v) is 12.8. The Kier molecular flexibility index (Phi) is 5.65. The summed E-state index contributed by atoms with van der Waals surface area (Å²) in [4.78, 5) is 13.1. The molecule has 2 aromatic carbocycles. The molecule has 0 saturated heterocycles. The van der Waals surface area contributed by atoms with Gasteiger partial charge >= 0.3 is 0 Å². The third-order valence-electron chi connectivity index (χ3n) is 7.00. The largest absolute Gasteiger partial charge is 0.299 e. The number of Topliss-reactive ketones (excluding diaryl/α,β-unsaturated/α-hetero) is 1. The Morgan fingerprint density at radius 2 is 1.60 bits per heavy atom. The molecule has 0 heterocycles. The number of carbonyl (C=O) groups is 1. The summed E-state index contributed by atoms with van der Waals surface area (Å²) in [5.74, 6) is 0.824. The van der Waals surface area contributed by atoms with Gasteiger partial charge in [0.2, 0.25) is 0 Å². The fourth-order valence-corrected chi connectivity index (χ4v) is 6.39. The maximum absolute atomic E-state index is 13.1. The molecule has 0 bridgehead atoms. The van der Waals surface area contributed by atoms with Crippen molar-refractivity contribution in [2.45, 2.75) is 64.0 Å². The Morgan fingerprint density at radius 1 is 0.933 bits per heavy atom. The Bertz CT molecular complexity index is 1050. The highest BCUT2D eigenvalue weighted by atomic mass is 32.2. The lowest BCUT2D eigenvalue weighted by Crippen LogP contribution is -2.35. The number of ketones is 1.